The molecular formula is C17H28N4O3S. The Hall–Kier alpha value is -1.80. The molecule has 0 saturated heterocycles. The number of hydrogen-bond acceptors (Lipinski definition) is 4. The van der Waals surface area contributed by atoms with Crippen LogP contribution in [-0.2, 0) is 10.0 Å². The lowest BCUT2D eigenvalue weighted by molar-refractivity contribution is 0.244. The average Bonchev–Trinajstić information content (AvgIpc) is 2.55. The summed E-state index contributed by atoms with van der Waals surface area (Å²) < 4.78 is 25.9. The van der Waals surface area contributed by atoms with E-state index in [2.05, 4.69) is 10.6 Å². The molecule has 1 aromatic rings. The van der Waals surface area contributed by atoms with Crippen molar-refractivity contribution in [2.75, 3.05) is 38.4 Å². The molecule has 0 bridgehead atoms. The quantitative estimate of drug-likeness (QED) is 0.836. The van der Waals surface area contributed by atoms with Gasteiger partial charge < -0.3 is 15.5 Å². The van der Waals surface area contributed by atoms with Gasteiger partial charge in [0.2, 0.25) is 10.0 Å². The Morgan fingerprint density at radius 2 is 1.72 bits per heavy atom. The van der Waals surface area contributed by atoms with E-state index in [9.17, 15) is 13.2 Å². The van der Waals surface area contributed by atoms with E-state index in [1.54, 1.807) is 12.1 Å². The Labute approximate surface area is 150 Å². The standard InChI is InChI=1S/C17H28N4O3S/c1-20(2)16-11-10-14(25(23,24)21(3)4)12-15(16)19-17(22)18-13-8-6-5-7-9-13/h10-13H,5-9H2,1-4H3,(H2,18,19,22). The van der Waals surface area contributed by atoms with Crippen LogP contribution in [0, 0.1) is 0 Å². The molecular weight excluding hydrogens is 340 g/mol. The van der Waals surface area contributed by atoms with Gasteiger partial charge in [-0.1, -0.05) is 19.3 Å². The summed E-state index contributed by atoms with van der Waals surface area (Å²) in [6, 6.07) is 4.65. The largest absolute Gasteiger partial charge is 0.376 e. The van der Waals surface area contributed by atoms with Crippen molar-refractivity contribution >= 4 is 27.4 Å². The zero-order valence-corrected chi connectivity index (χ0v) is 16.2. The summed E-state index contributed by atoms with van der Waals surface area (Å²) >= 11 is 0. The van der Waals surface area contributed by atoms with Crippen molar-refractivity contribution in [2.24, 2.45) is 0 Å². The van der Waals surface area contributed by atoms with E-state index in [4.69, 9.17) is 0 Å². The summed E-state index contributed by atoms with van der Waals surface area (Å²) in [5.74, 6) is 0. The van der Waals surface area contributed by atoms with Gasteiger partial charge in [0.1, 0.15) is 0 Å². The highest BCUT2D eigenvalue weighted by Crippen LogP contribution is 2.28. The number of benzene rings is 1. The van der Waals surface area contributed by atoms with Crippen LogP contribution in [0.1, 0.15) is 32.1 Å². The van der Waals surface area contributed by atoms with Gasteiger partial charge in [0.25, 0.3) is 0 Å². The summed E-state index contributed by atoms with van der Waals surface area (Å²) in [4.78, 5) is 14.3. The summed E-state index contributed by atoms with van der Waals surface area (Å²) in [5, 5.41) is 5.80. The number of nitrogens with zero attached hydrogens (tertiary/aromatic N) is 2. The van der Waals surface area contributed by atoms with Gasteiger partial charge in [-0.05, 0) is 31.0 Å². The van der Waals surface area contributed by atoms with Gasteiger partial charge in [-0.2, -0.15) is 0 Å². The highest BCUT2D eigenvalue weighted by Gasteiger charge is 2.21. The van der Waals surface area contributed by atoms with E-state index in [0.29, 0.717) is 5.69 Å². The van der Waals surface area contributed by atoms with E-state index in [0.717, 1.165) is 35.7 Å². The molecule has 0 aliphatic heterocycles. The van der Waals surface area contributed by atoms with Crippen molar-refractivity contribution < 1.29 is 13.2 Å². The predicted molar refractivity (Wildman–Crippen MR) is 101 cm³/mol. The number of urea groups is 1. The zero-order chi connectivity index (χ0) is 18.6. The molecule has 1 aliphatic carbocycles. The van der Waals surface area contributed by atoms with Gasteiger partial charge in [0.05, 0.1) is 16.3 Å². The van der Waals surface area contributed by atoms with Crippen LogP contribution in [0.25, 0.3) is 0 Å². The predicted octanol–water partition coefficient (Wildman–Crippen LogP) is 2.46. The first-order valence-electron chi connectivity index (χ1n) is 8.53. The molecule has 0 heterocycles. The highest BCUT2D eigenvalue weighted by molar-refractivity contribution is 7.89. The average molecular weight is 369 g/mol. The lowest BCUT2D eigenvalue weighted by Gasteiger charge is -2.24. The first-order valence-corrected chi connectivity index (χ1v) is 9.97. The minimum Gasteiger partial charge on any atom is -0.376 e. The summed E-state index contributed by atoms with van der Waals surface area (Å²) in [6.45, 7) is 0. The minimum absolute atomic E-state index is 0.149. The van der Waals surface area contributed by atoms with Gasteiger partial charge in [-0.15, -0.1) is 0 Å². The molecule has 8 heteroatoms. The fourth-order valence-electron chi connectivity index (χ4n) is 2.97. The Morgan fingerprint density at radius 3 is 2.28 bits per heavy atom. The topological polar surface area (TPSA) is 81.8 Å². The molecule has 7 nitrogen and oxygen atoms in total. The number of carbonyl (C=O) groups excluding carboxylic acids is 1. The van der Waals surface area contributed by atoms with Crippen LogP contribution in [-0.4, -0.2) is 53.0 Å². The van der Waals surface area contributed by atoms with Crippen molar-refractivity contribution in [3.05, 3.63) is 18.2 Å². The van der Waals surface area contributed by atoms with Crippen LogP contribution in [0.2, 0.25) is 0 Å². The molecule has 25 heavy (non-hydrogen) atoms. The van der Waals surface area contributed by atoms with Crippen LogP contribution in [0.15, 0.2) is 23.1 Å². The van der Waals surface area contributed by atoms with Crippen LogP contribution in [0.4, 0.5) is 16.2 Å². The maximum atomic E-state index is 12.4. The number of hydrogen-bond donors (Lipinski definition) is 2. The monoisotopic (exact) mass is 368 g/mol. The third-order valence-electron chi connectivity index (χ3n) is 4.42. The number of amides is 2. The van der Waals surface area contributed by atoms with E-state index < -0.39 is 10.0 Å². The third kappa shape index (κ3) is 4.85. The Balaban J connectivity index is 2.23. The van der Waals surface area contributed by atoms with Gasteiger partial charge >= 0.3 is 6.03 Å². The van der Waals surface area contributed by atoms with Crippen LogP contribution in [0.3, 0.4) is 0 Å². The van der Waals surface area contributed by atoms with Crippen molar-refractivity contribution in [1.29, 1.82) is 0 Å². The summed E-state index contributed by atoms with van der Waals surface area (Å²) in [6.07, 6.45) is 5.45. The zero-order valence-electron chi connectivity index (χ0n) is 15.4. The molecule has 2 rings (SSSR count). The molecule has 1 fully saturated rings. The highest BCUT2D eigenvalue weighted by atomic mass is 32.2. The molecule has 0 atom stereocenters. The van der Waals surface area contributed by atoms with Crippen molar-refractivity contribution in [1.82, 2.24) is 9.62 Å². The normalized spacial score (nSPS) is 15.9. The van der Waals surface area contributed by atoms with Crippen LogP contribution >= 0.6 is 0 Å². The number of anilines is 2. The number of nitrogens with one attached hydrogen (secondary N) is 2. The molecule has 0 unspecified atom stereocenters. The smallest absolute Gasteiger partial charge is 0.319 e. The first kappa shape index (κ1) is 19.5. The Morgan fingerprint density at radius 1 is 1.08 bits per heavy atom. The number of sulfonamides is 1. The van der Waals surface area contributed by atoms with E-state index in [-0.39, 0.29) is 17.0 Å². The van der Waals surface area contributed by atoms with Gasteiger partial charge in [0.15, 0.2) is 0 Å². The first-order chi connectivity index (χ1) is 11.7. The molecule has 2 amide bonds. The molecule has 0 aromatic heterocycles. The number of carbonyl (C=O) groups is 1. The molecule has 140 valence electrons. The number of rotatable bonds is 5. The minimum atomic E-state index is -3.56. The molecule has 0 radical (unpaired) electrons. The van der Waals surface area contributed by atoms with E-state index in [1.165, 1.54) is 26.6 Å². The second kappa shape index (κ2) is 8.05. The Kier molecular flexibility index (Phi) is 6.29. The third-order valence-corrected chi connectivity index (χ3v) is 6.23. The molecule has 0 spiro atoms. The second-order valence-electron chi connectivity index (χ2n) is 6.79. The van der Waals surface area contributed by atoms with Crippen molar-refractivity contribution in [3.63, 3.8) is 0 Å². The SMILES string of the molecule is CN(C)c1ccc(S(=O)(=O)N(C)C)cc1NC(=O)NC1CCCCC1. The van der Waals surface area contributed by atoms with Gasteiger partial charge in [-0.25, -0.2) is 17.5 Å². The maximum absolute atomic E-state index is 12.4. The van der Waals surface area contributed by atoms with Crippen molar-refractivity contribution in [2.45, 2.75) is 43.0 Å². The lowest BCUT2D eigenvalue weighted by atomic mass is 9.96. The second-order valence-corrected chi connectivity index (χ2v) is 8.95. The van der Waals surface area contributed by atoms with Crippen molar-refractivity contribution in [3.8, 4) is 0 Å². The van der Waals surface area contributed by atoms with Crippen LogP contribution in [0.5, 0.6) is 0 Å². The molecule has 1 aliphatic rings. The molecule has 1 aromatic carbocycles. The fraction of sp³-hybridized carbons (Fsp3) is 0.588. The Bertz CT molecular complexity index is 711. The summed E-state index contributed by atoms with van der Waals surface area (Å²) in [7, 11) is 3.10. The fourth-order valence-corrected chi connectivity index (χ4v) is 3.90. The molecule has 2 N–H and O–H groups in total. The van der Waals surface area contributed by atoms with E-state index in [1.807, 2.05) is 19.0 Å². The van der Waals surface area contributed by atoms with Crippen LogP contribution < -0.4 is 15.5 Å². The van der Waals surface area contributed by atoms with Gasteiger partial charge in [-0.3, -0.25) is 0 Å². The molecule has 1 saturated carbocycles. The van der Waals surface area contributed by atoms with E-state index >= 15 is 0 Å². The lowest BCUT2D eigenvalue weighted by Crippen LogP contribution is -2.39. The maximum Gasteiger partial charge on any atom is 0.319 e. The van der Waals surface area contributed by atoms with Gasteiger partial charge in [0, 0.05) is 34.2 Å². The summed E-state index contributed by atoms with van der Waals surface area (Å²) in [5.41, 5.74) is 1.22.